The van der Waals surface area contributed by atoms with Gasteiger partial charge in [-0.3, -0.25) is 14.6 Å². The summed E-state index contributed by atoms with van der Waals surface area (Å²) in [6.07, 6.45) is 4.09. The monoisotopic (exact) mass is 427 g/mol. The fourth-order valence-corrected chi connectivity index (χ4v) is 5.03. The maximum absolute atomic E-state index is 11.4. The molecule has 30 heavy (non-hydrogen) atoms. The lowest BCUT2D eigenvalue weighted by Crippen LogP contribution is -2.50. The van der Waals surface area contributed by atoms with Crippen molar-refractivity contribution in [3.8, 4) is 0 Å². The highest BCUT2D eigenvalue weighted by Gasteiger charge is 2.32. The Labute approximate surface area is 181 Å². The number of anilines is 2. The zero-order valence-electron chi connectivity index (χ0n) is 17.8. The average Bonchev–Trinajstić information content (AvgIpc) is 2.72. The van der Waals surface area contributed by atoms with E-state index in [0.29, 0.717) is 6.42 Å². The van der Waals surface area contributed by atoms with Gasteiger partial charge < -0.3 is 10.4 Å². The Kier molecular flexibility index (Phi) is 5.99. The van der Waals surface area contributed by atoms with Crippen LogP contribution >= 0.6 is 11.8 Å². The molecule has 8 heteroatoms. The standard InChI is InChI=1S/C22H29N5O2S/c1-15(13-22(2,3)21(28)29)27-10-8-26(9-11-27)14-16-4-5-18-17(12-16)25-19-20(30-18)24-7-6-23-19/h4-7,12,15H,8-11,13-14H2,1-3H3,(H,23,25)(H,28,29). The Morgan fingerprint density at radius 1 is 1.23 bits per heavy atom. The molecule has 0 spiro atoms. The van der Waals surface area contributed by atoms with Crippen LogP contribution in [0.3, 0.4) is 0 Å². The van der Waals surface area contributed by atoms with Crippen molar-refractivity contribution in [3.63, 3.8) is 0 Å². The Bertz CT molecular complexity index is 927. The molecule has 1 aromatic heterocycles. The molecule has 3 heterocycles. The van der Waals surface area contributed by atoms with Crippen molar-refractivity contribution in [2.75, 3.05) is 31.5 Å². The van der Waals surface area contributed by atoms with Gasteiger partial charge in [0.05, 0.1) is 11.1 Å². The highest BCUT2D eigenvalue weighted by molar-refractivity contribution is 7.99. The number of piperazine rings is 1. The molecule has 2 aliphatic heterocycles. The summed E-state index contributed by atoms with van der Waals surface area (Å²) in [7, 11) is 0. The first-order valence-corrected chi connectivity index (χ1v) is 11.2. The van der Waals surface area contributed by atoms with E-state index in [-0.39, 0.29) is 6.04 Å². The van der Waals surface area contributed by atoms with Crippen molar-refractivity contribution in [2.45, 2.75) is 49.7 Å². The zero-order valence-corrected chi connectivity index (χ0v) is 18.6. The third kappa shape index (κ3) is 4.61. The molecule has 4 rings (SSSR count). The van der Waals surface area contributed by atoms with E-state index in [0.717, 1.165) is 49.3 Å². The van der Waals surface area contributed by atoms with Crippen molar-refractivity contribution in [3.05, 3.63) is 36.2 Å². The maximum atomic E-state index is 11.4. The Hall–Kier alpha value is -2.16. The summed E-state index contributed by atoms with van der Waals surface area (Å²) in [5.74, 6) is 0.0970. The lowest BCUT2D eigenvalue weighted by molar-refractivity contribution is -0.148. The first kappa shape index (κ1) is 21.1. The summed E-state index contributed by atoms with van der Waals surface area (Å²) in [6, 6.07) is 6.83. The summed E-state index contributed by atoms with van der Waals surface area (Å²) in [5, 5.41) is 13.7. The van der Waals surface area contributed by atoms with E-state index >= 15 is 0 Å². The number of rotatable bonds is 6. The highest BCUT2D eigenvalue weighted by atomic mass is 32.2. The normalized spacial score (nSPS) is 18.2. The molecule has 1 aromatic carbocycles. The van der Waals surface area contributed by atoms with E-state index in [4.69, 9.17) is 0 Å². The van der Waals surface area contributed by atoms with Gasteiger partial charge in [-0.05, 0) is 44.9 Å². The molecule has 0 aliphatic carbocycles. The molecule has 0 radical (unpaired) electrons. The number of nitrogens with zero attached hydrogens (tertiary/aromatic N) is 4. The quantitative estimate of drug-likeness (QED) is 0.616. The minimum Gasteiger partial charge on any atom is -0.481 e. The van der Waals surface area contributed by atoms with E-state index in [1.807, 2.05) is 13.8 Å². The topological polar surface area (TPSA) is 81.6 Å². The molecule has 2 aliphatic rings. The van der Waals surface area contributed by atoms with Crippen molar-refractivity contribution in [1.82, 2.24) is 19.8 Å². The van der Waals surface area contributed by atoms with E-state index in [1.54, 1.807) is 24.2 Å². The van der Waals surface area contributed by atoms with Gasteiger partial charge in [-0.25, -0.2) is 9.97 Å². The van der Waals surface area contributed by atoms with Crippen LogP contribution < -0.4 is 5.32 Å². The molecule has 160 valence electrons. The number of aromatic nitrogens is 2. The molecule has 7 nitrogen and oxygen atoms in total. The van der Waals surface area contributed by atoms with E-state index in [2.05, 4.69) is 50.2 Å². The molecule has 0 saturated carbocycles. The van der Waals surface area contributed by atoms with Gasteiger partial charge in [0, 0.05) is 56.1 Å². The second-order valence-corrected chi connectivity index (χ2v) is 9.85. The Morgan fingerprint density at radius 2 is 1.97 bits per heavy atom. The van der Waals surface area contributed by atoms with E-state index in [9.17, 15) is 9.90 Å². The number of aliphatic carboxylic acids is 1. The van der Waals surface area contributed by atoms with Gasteiger partial charge in [0.1, 0.15) is 5.03 Å². The Morgan fingerprint density at radius 3 is 2.70 bits per heavy atom. The van der Waals surface area contributed by atoms with Crippen LogP contribution in [-0.4, -0.2) is 63.1 Å². The van der Waals surface area contributed by atoms with Gasteiger partial charge >= 0.3 is 5.97 Å². The molecule has 1 unspecified atom stereocenters. The smallest absolute Gasteiger partial charge is 0.309 e. The second kappa shape index (κ2) is 8.53. The van der Waals surface area contributed by atoms with Crippen LogP contribution in [0.1, 0.15) is 32.8 Å². The number of benzene rings is 1. The summed E-state index contributed by atoms with van der Waals surface area (Å²) in [6.45, 7) is 10.6. The molecule has 0 bridgehead atoms. The van der Waals surface area contributed by atoms with Crippen molar-refractivity contribution in [2.24, 2.45) is 5.41 Å². The largest absolute Gasteiger partial charge is 0.481 e. The molecular weight excluding hydrogens is 398 g/mol. The molecule has 0 amide bonds. The average molecular weight is 428 g/mol. The highest BCUT2D eigenvalue weighted by Crippen LogP contribution is 2.42. The van der Waals surface area contributed by atoms with Crippen LogP contribution in [0.25, 0.3) is 0 Å². The number of hydrogen-bond donors (Lipinski definition) is 2. The first-order chi connectivity index (χ1) is 14.3. The van der Waals surface area contributed by atoms with Gasteiger partial charge in [-0.1, -0.05) is 17.8 Å². The van der Waals surface area contributed by atoms with Gasteiger partial charge in [0.25, 0.3) is 0 Å². The van der Waals surface area contributed by atoms with Crippen LogP contribution in [0.15, 0.2) is 40.5 Å². The van der Waals surface area contributed by atoms with Crippen LogP contribution in [0, 0.1) is 5.41 Å². The number of carboxylic acids is 1. The fraction of sp³-hybridized carbons (Fsp3) is 0.500. The van der Waals surface area contributed by atoms with Gasteiger partial charge in [-0.2, -0.15) is 0 Å². The number of fused-ring (bicyclic) bond motifs is 2. The lowest BCUT2D eigenvalue weighted by atomic mass is 9.85. The third-order valence-electron chi connectivity index (χ3n) is 5.99. The molecule has 1 saturated heterocycles. The number of carboxylic acid groups (broad SMARTS) is 1. The van der Waals surface area contributed by atoms with Gasteiger partial charge in [0.15, 0.2) is 5.82 Å². The minimum atomic E-state index is -0.722. The minimum absolute atomic E-state index is 0.268. The molecular formula is C22H29N5O2S. The number of nitrogens with one attached hydrogen (secondary N) is 1. The summed E-state index contributed by atoms with van der Waals surface area (Å²) >= 11 is 1.65. The zero-order chi connectivity index (χ0) is 21.3. The van der Waals surface area contributed by atoms with Crippen LogP contribution in [-0.2, 0) is 11.3 Å². The molecule has 1 atom stereocenters. The summed E-state index contributed by atoms with van der Waals surface area (Å²) in [4.78, 5) is 26.2. The fourth-order valence-electron chi connectivity index (χ4n) is 4.15. The van der Waals surface area contributed by atoms with Crippen molar-refractivity contribution in [1.29, 1.82) is 0 Å². The third-order valence-corrected chi connectivity index (χ3v) is 7.06. The number of carbonyl (C=O) groups is 1. The first-order valence-electron chi connectivity index (χ1n) is 10.4. The van der Waals surface area contributed by atoms with Crippen LogP contribution in [0.4, 0.5) is 11.5 Å². The lowest BCUT2D eigenvalue weighted by Gasteiger charge is -2.39. The van der Waals surface area contributed by atoms with Crippen molar-refractivity contribution < 1.29 is 9.90 Å². The van der Waals surface area contributed by atoms with Gasteiger partial charge in [-0.15, -0.1) is 0 Å². The Balaban J connectivity index is 1.32. The maximum Gasteiger partial charge on any atom is 0.309 e. The molecule has 2 N–H and O–H groups in total. The predicted molar refractivity (Wildman–Crippen MR) is 118 cm³/mol. The van der Waals surface area contributed by atoms with Crippen LogP contribution in [0.5, 0.6) is 0 Å². The summed E-state index contributed by atoms with van der Waals surface area (Å²) < 4.78 is 0. The molecule has 2 aromatic rings. The second-order valence-electron chi connectivity index (χ2n) is 8.82. The summed E-state index contributed by atoms with van der Waals surface area (Å²) in [5.41, 5.74) is 1.68. The van der Waals surface area contributed by atoms with Crippen LogP contribution in [0.2, 0.25) is 0 Å². The van der Waals surface area contributed by atoms with Crippen molar-refractivity contribution >= 4 is 29.2 Å². The SMILES string of the molecule is CC(CC(C)(C)C(=O)O)N1CCN(Cc2ccc3c(c2)Nc2nccnc2S3)CC1. The van der Waals surface area contributed by atoms with E-state index < -0.39 is 11.4 Å². The number of hydrogen-bond acceptors (Lipinski definition) is 7. The van der Waals surface area contributed by atoms with Gasteiger partial charge in [0.2, 0.25) is 0 Å². The predicted octanol–water partition coefficient (Wildman–Crippen LogP) is 3.69. The molecule has 1 fully saturated rings. The van der Waals surface area contributed by atoms with E-state index in [1.165, 1.54) is 10.5 Å².